The molecule has 21 heavy (non-hydrogen) atoms. The van der Waals surface area contributed by atoms with Gasteiger partial charge >= 0.3 is 0 Å². The lowest BCUT2D eigenvalue weighted by Crippen LogP contribution is -2.39. The van der Waals surface area contributed by atoms with Crippen LogP contribution in [-0.4, -0.2) is 19.6 Å². The summed E-state index contributed by atoms with van der Waals surface area (Å²) in [4.78, 5) is 14.9. The van der Waals surface area contributed by atoms with Gasteiger partial charge in [0.1, 0.15) is 5.75 Å². The first-order chi connectivity index (χ1) is 10.0. The van der Waals surface area contributed by atoms with Crippen LogP contribution in [0.2, 0.25) is 0 Å². The van der Waals surface area contributed by atoms with Gasteiger partial charge in [0.15, 0.2) is 0 Å². The van der Waals surface area contributed by atoms with Crippen molar-refractivity contribution in [2.45, 2.75) is 51.4 Å². The van der Waals surface area contributed by atoms with Crippen LogP contribution in [-0.2, 0) is 10.2 Å². The number of benzene rings is 1. The molecule has 0 aromatic heterocycles. The molecule has 114 valence electrons. The minimum atomic E-state index is -0.446. The first-order valence-electron chi connectivity index (χ1n) is 8.04. The molecule has 0 saturated heterocycles. The van der Waals surface area contributed by atoms with Crippen molar-refractivity contribution in [2.75, 3.05) is 18.6 Å². The van der Waals surface area contributed by atoms with Crippen molar-refractivity contribution in [3.63, 3.8) is 0 Å². The van der Waals surface area contributed by atoms with Gasteiger partial charge < -0.3 is 9.64 Å². The maximum atomic E-state index is 12.8. The minimum Gasteiger partial charge on any atom is -0.497 e. The summed E-state index contributed by atoms with van der Waals surface area (Å²) in [5, 5.41) is 0. The summed E-state index contributed by atoms with van der Waals surface area (Å²) in [6, 6.07) is 6.03. The molecule has 0 unspecified atom stereocenters. The van der Waals surface area contributed by atoms with Crippen molar-refractivity contribution >= 4 is 11.6 Å². The van der Waals surface area contributed by atoms with Crippen LogP contribution in [0.1, 0.15) is 51.5 Å². The van der Waals surface area contributed by atoms with Crippen LogP contribution >= 0.6 is 0 Å². The molecule has 1 aromatic rings. The fourth-order valence-corrected chi connectivity index (χ4v) is 3.75. The van der Waals surface area contributed by atoms with E-state index in [0.717, 1.165) is 23.5 Å². The third-order valence-corrected chi connectivity index (χ3v) is 5.11. The van der Waals surface area contributed by atoms with Crippen LogP contribution < -0.4 is 9.64 Å². The highest BCUT2D eigenvalue weighted by atomic mass is 16.5. The Bertz CT molecular complexity index is 544. The van der Waals surface area contributed by atoms with Gasteiger partial charge in [-0.25, -0.2) is 0 Å². The molecular formula is C18H25NO2. The Hall–Kier alpha value is -1.51. The largest absolute Gasteiger partial charge is 0.497 e. The number of fused-ring (bicyclic) bond motifs is 1. The maximum Gasteiger partial charge on any atom is 0.237 e. The smallest absolute Gasteiger partial charge is 0.237 e. The van der Waals surface area contributed by atoms with E-state index in [1.54, 1.807) is 7.11 Å². The minimum absolute atomic E-state index is 0.233. The highest BCUT2D eigenvalue weighted by Gasteiger charge is 2.44. The first kappa shape index (κ1) is 14.4. The zero-order valence-electron chi connectivity index (χ0n) is 13.3. The summed E-state index contributed by atoms with van der Waals surface area (Å²) >= 11 is 0. The molecule has 1 heterocycles. The van der Waals surface area contributed by atoms with Gasteiger partial charge in [-0.05, 0) is 56.4 Å². The molecule has 3 nitrogen and oxygen atoms in total. The van der Waals surface area contributed by atoms with Crippen LogP contribution in [0.3, 0.4) is 0 Å². The molecular weight excluding hydrogens is 262 g/mol. The van der Waals surface area contributed by atoms with Crippen molar-refractivity contribution in [1.29, 1.82) is 0 Å². The maximum absolute atomic E-state index is 12.8. The van der Waals surface area contributed by atoms with Crippen molar-refractivity contribution < 1.29 is 9.53 Å². The van der Waals surface area contributed by atoms with E-state index in [9.17, 15) is 4.79 Å². The summed E-state index contributed by atoms with van der Waals surface area (Å²) < 4.78 is 5.32. The fraction of sp³-hybridized carbons (Fsp3) is 0.611. The lowest BCUT2D eigenvalue weighted by Gasteiger charge is -2.28. The number of ether oxygens (including phenoxy) is 1. The van der Waals surface area contributed by atoms with E-state index in [1.807, 2.05) is 36.9 Å². The highest BCUT2D eigenvalue weighted by molar-refractivity contribution is 6.07. The summed E-state index contributed by atoms with van der Waals surface area (Å²) in [5.41, 5.74) is 1.73. The van der Waals surface area contributed by atoms with Gasteiger partial charge in [-0.1, -0.05) is 19.3 Å². The van der Waals surface area contributed by atoms with E-state index in [4.69, 9.17) is 4.74 Å². The number of nitrogens with zero attached hydrogens (tertiary/aromatic N) is 1. The monoisotopic (exact) mass is 287 g/mol. The van der Waals surface area contributed by atoms with Crippen LogP contribution in [0, 0.1) is 5.92 Å². The predicted octanol–water partition coefficient (Wildman–Crippen LogP) is 3.90. The van der Waals surface area contributed by atoms with E-state index < -0.39 is 5.41 Å². The van der Waals surface area contributed by atoms with Crippen LogP contribution in [0.5, 0.6) is 5.75 Å². The average Bonchev–Trinajstić information content (AvgIpc) is 2.69. The average molecular weight is 287 g/mol. The summed E-state index contributed by atoms with van der Waals surface area (Å²) in [5.74, 6) is 1.72. The van der Waals surface area contributed by atoms with Gasteiger partial charge in [0.25, 0.3) is 0 Å². The Morgan fingerprint density at radius 2 is 1.95 bits per heavy atom. The number of methoxy groups -OCH3 is 1. The molecule has 1 aliphatic heterocycles. The molecule has 1 aromatic carbocycles. The van der Waals surface area contributed by atoms with Gasteiger partial charge in [0, 0.05) is 12.2 Å². The van der Waals surface area contributed by atoms with Crippen molar-refractivity contribution in [1.82, 2.24) is 0 Å². The molecule has 1 amide bonds. The molecule has 0 radical (unpaired) electrons. The zero-order valence-corrected chi connectivity index (χ0v) is 13.3. The Kier molecular flexibility index (Phi) is 3.68. The third-order valence-electron chi connectivity index (χ3n) is 5.11. The molecule has 3 heteroatoms. The second-order valence-corrected chi connectivity index (χ2v) is 6.93. The number of carbonyl (C=O) groups excluding carboxylic acids is 1. The molecule has 1 aliphatic carbocycles. The van der Waals surface area contributed by atoms with Gasteiger partial charge in [0.2, 0.25) is 5.91 Å². The fourth-order valence-electron chi connectivity index (χ4n) is 3.75. The molecule has 0 atom stereocenters. The third kappa shape index (κ3) is 2.43. The number of hydrogen-bond donors (Lipinski definition) is 0. The molecule has 0 N–H and O–H groups in total. The Balaban J connectivity index is 1.90. The van der Waals surface area contributed by atoms with Gasteiger partial charge in [0.05, 0.1) is 12.5 Å². The zero-order chi connectivity index (χ0) is 15.0. The SMILES string of the molecule is COc1ccc2c(c1)C(C)(C)C(=O)N2CC1CCCCC1. The molecule has 0 bridgehead atoms. The van der Waals surface area contributed by atoms with Gasteiger partial charge in [-0.15, -0.1) is 0 Å². The van der Waals surface area contributed by atoms with Crippen molar-refractivity contribution in [2.24, 2.45) is 5.92 Å². The number of amides is 1. The van der Waals surface area contributed by atoms with Crippen LogP contribution in [0.15, 0.2) is 18.2 Å². The van der Waals surface area contributed by atoms with Crippen LogP contribution in [0.4, 0.5) is 5.69 Å². The summed E-state index contributed by atoms with van der Waals surface area (Å²) in [6.07, 6.45) is 6.49. The predicted molar refractivity (Wildman–Crippen MR) is 84.9 cm³/mol. The van der Waals surface area contributed by atoms with E-state index >= 15 is 0 Å². The second kappa shape index (κ2) is 5.36. The van der Waals surface area contributed by atoms with Crippen LogP contribution in [0.25, 0.3) is 0 Å². The quantitative estimate of drug-likeness (QED) is 0.844. The standard InChI is InChI=1S/C18H25NO2/c1-18(2)15-11-14(21-3)9-10-16(15)19(17(18)20)12-13-7-5-4-6-8-13/h9-11,13H,4-8,12H2,1-3H3. The van der Waals surface area contributed by atoms with Gasteiger partial charge in [-0.2, -0.15) is 0 Å². The Morgan fingerprint density at radius 1 is 1.24 bits per heavy atom. The number of hydrogen-bond acceptors (Lipinski definition) is 2. The second-order valence-electron chi connectivity index (χ2n) is 6.93. The molecule has 1 fully saturated rings. The number of anilines is 1. The Morgan fingerprint density at radius 3 is 2.62 bits per heavy atom. The molecule has 2 aliphatic rings. The summed E-state index contributed by atoms with van der Waals surface area (Å²) in [7, 11) is 1.67. The van der Waals surface area contributed by atoms with Crippen molar-refractivity contribution in [3.8, 4) is 5.75 Å². The molecule has 3 rings (SSSR count). The highest BCUT2D eigenvalue weighted by Crippen LogP contribution is 2.44. The lowest BCUT2D eigenvalue weighted by molar-refractivity contribution is -0.122. The van der Waals surface area contributed by atoms with Gasteiger partial charge in [-0.3, -0.25) is 4.79 Å². The molecule has 1 saturated carbocycles. The summed E-state index contributed by atoms with van der Waals surface area (Å²) in [6.45, 7) is 4.92. The molecule has 0 spiro atoms. The lowest BCUT2D eigenvalue weighted by atomic mass is 9.86. The number of carbonyl (C=O) groups is 1. The van der Waals surface area contributed by atoms with E-state index in [-0.39, 0.29) is 5.91 Å². The number of rotatable bonds is 3. The van der Waals surface area contributed by atoms with E-state index in [2.05, 4.69) is 0 Å². The topological polar surface area (TPSA) is 29.5 Å². The van der Waals surface area contributed by atoms with E-state index in [0.29, 0.717) is 5.92 Å². The van der Waals surface area contributed by atoms with E-state index in [1.165, 1.54) is 32.1 Å². The normalized spacial score (nSPS) is 21.5. The van der Waals surface area contributed by atoms with Crippen molar-refractivity contribution in [3.05, 3.63) is 23.8 Å². The Labute approximate surface area is 127 Å². The first-order valence-corrected chi connectivity index (χ1v) is 8.04.